The van der Waals surface area contributed by atoms with Crippen molar-refractivity contribution in [3.63, 3.8) is 0 Å². The van der Waals surface area contributed by atoms with E-state index in [1.54, 1.807) is 6.08 Å². The fraction of sp³-hybridized carbons (Fsp3) is 0.500. The third-order valence-electron chi connectivity index (χ3n) is 3.10. The zero-order valence-electron chi connectivity index (χ0n) is 12.5. The maximum atomic E-state index is 11.3. The molecule has 0 spiro atoms. The Balaban J connectivity index is 1.58. The summed E-state index contributed by atoms with van der Waals surface area (Å²) >= 11 is 10.0. The molecule has 8 nitrogen and oxygen atoms in total. The van der Waals surface area contributed by atoms with Crippen LogP contribution >= 0.6 is 24.4 Å². The summed E-state index contributed by atoms with van der Waals surface area (Å²) in [6, 6.07) is -0.718. The van der Waals surface area contributed by atoms with E-state index in [9.17, 15) is 16.8 Å². The fourth-order valence-corrected chi connectivity index (χ4v) is 5.01. The first-order valence-electron chi connectivity index (χ1n) is 6.95. The third kappa shape index (κ3) is 6.34. The molecule has 0 fully saturated rings. The predicted molar refractivity (Wildman–Crippen MR) is 98.9 cm³/mol. The number of hydrogen-bond donors (Lipinski definition) is 3. The highest BCUT2D eigenvalue weighted by Crippen LogP contribution is 2.08. The van der Waals surface area contributed by atoms with Gasteiger partial charge in [-0.15, -0.1) is 0 Å². The lowest BCUT2D eigenvalue weighted by Gasteiger charge is -2.16. The Morgan fingerprint density at radius 3 is 2.04 bits per heavy atom. The van der Waals surface area contributed by atoms with Gasteiger partial charge in [0.2, 0.25) is 0 Å². The maximum Gasteiger partial charge on any atom is 0.257 e. The van der Waals surface area contributed by atoms with Crippen LogP contribution in [0.15, 0.2) is 23.0 Å². The van der Waals surface area contributed by atoms with Crippen molar-refractivity contribution < 1.29 is 21.6 Å². The van der Waals surface area contributed by atoms with Gasteiger partial charge < -0.3 is 20.7 Å². The molecular formula is C12H17N3O5S4. The summed E-state index contributed by atoms with van der Waals surface area (Å²) in [4.78, 5) is 0. The van der Waals surface area contributed by atoms with Gasteiger partial charge in [0.25, 0.3) is 5.17 Å². The molecule has 134 valence electrons. The number of ether oxygens (including phenoxy) is 1. The Morgan fingerprint density at radius 2 is 1.54 bits per heavy atom. The molecule has 2 atom stereocenters. The first-order valence-corrected chi connectivity index (χ1v) is 11.2. The molecule has 0 saturated carbocycles. The average molecular weight is 412 g/mol. The molecule has 0 radical (unpaired) electrons. The highest BCUT2D eigenvalue weighted by molar-refractivity contribution is 7.94. The van der Waals surface area contributed by atoms with Gasteiger partial charge >= 0.3 is 0 Å². The van der Waals surface area contributed by atoms with Gasteiger partial charge in [0.15, 0.2) is 24.8 Å². The standard InChI is InChI=1S/C12H17N3O5S4/c16-23(17)5-1-9(7-23)14-11(21)13-3-4-20-12(22)15-10-2-6-24(18,19)8-10/h1-2,5-6,9-10H,3-4,7-8H2,(H,15,22)(H2,13,14,21). The lowest BCUT2D eigenvalue weighted by molar-refractivity contribution is 0.301. The van der Waals surface area contributed by atoms with Crippen LogP contribution in [0, 0.1) is 0 Å². The Hall–Kier alpha value is -1.24. The number of thiocarbonyl (C=S) groups is 2. The van der Waals surface area contributed by atoms with Crippen LogP contribution in [0.4, 0.5) is 0 Å². The van der Waals surface area contributed by atoms with Crippen molar-refractivity contribution in [2.75, 3.05) is 24.7 Å². The van der Waals surface area contributed by atoms with Gasteiger partial charge in [-0.25, -0.2) is 16.8 Å². The highest BCUT2D eigenvalue weighted by Gasteiger charge is 2.23. The fourth-order valence-electron chi connectivity index (χ4n) is 2.05. The van der Waals surface area contributed by atoms with Gasteiger partial charge in [0.05, 0.1) is 30.1 Å². The number of sulfone groups is 2. The molecule has 0 aromatic heterocycles. The lowest BCUT2D eigenvalue weighted by Crippen LogP contribution is -2.43. The van der Waals surface area contributed by atoms with Crippen molar-refractivity contribution in [1.82, 2.24) is 16.0 Å². The van der Waals surface area contributed by atoms with E-state index < -0.39 is 19.7 Å². The van der Waals surface area contributed by atoms with Crippen LogP contribution in [0.25, 0.3) is 0 Å². The summed E-state index contributed by atoms with van der Waals surface area (Å²) in [5.41, 5.74) is 0. The summed E-state index contributed by atoms with van der Waals surface area (Å²) in [6.07, 6.45) is 3.06. The molecule has 0 bridgehead atoms. The van der Waals surface area contributed by atoms with Gasteiger partial charge in [-0.05, 0) is 36.6 Å². The van der Waals surface area contributed by atoms with Crippen molar-refractivity contribution in [2.24, 2.45) is 0 Å². The van der Waals surface area contributed by atoms with E-state index in [0.29, 0.717) is 11.7 Å². The van der Waals surface area contributed by atoms with Crippen LogP contribution in [0.5, 0.6) is 0 Å². The molecule has 2 unspecified atom stereocenters. The Labute approximate surface area is 151 Å². The molecule has 0 saturated heterocycles. The lowest BCUT2D eigenvalue weighted by atomic mass is 10.3. The maximum absolute atomic E-state index is 11.3. The molecule has 0 aromatic carbocycles. The van der Waals surface area contributed by atoms with E-state index in [1.165, 1.54) is 6.08 Å². The van der Waals surface area contributed by atoms with E-state index in [4.69, 9.17) is 29.2 Å². The number of hydrogen-bond acceptors (Lipinski definition) is 7. The van der Waals surface area contributed by atoms with E-state index in [2.05, 4.69) is 16.0 Å². The predicted octanol–water partition coefficient (Wildman–Crippen LogP) is -1.04. The summed E-state index contributed by atoms with van der Waals surface area (Å²) in [5.74, 6) is -0.0578. The number of nitrogens with one attached hydrogen (secondary N) is 3. The smallest absolute Gasteiger partial charge is 0.257 e. The molecule has 0 aromatic rings. The quantitative estimate of drug-likeness (QED) is 0.383. The molecule has 2 rings (SSSR count). The van der Waals surface area contributed by atoms with Gasteiger partial charge in [0, 0.05) is 10.8 Å². The van der Waals surface area contributed by atoms with E-state index in [1.807, 2.05) is 0 Å². The minimum absolute atomic E-state index is 0.0167. The molecule has 2 heterocycles. The monoisotopic (exact) mass is 411 g/mol. The molecule has 2 aliphatic rings. The summed E-state index contributed by atoms with van der Waals surface area (Å²) in [7, 11) is -6.27. The summed E-state index contributed by atoms with van der Waals surface area (Å²) < 4.78 is 50.3. The van der Waals surface area contributed by atoms with Crippen molar-refractivity contribution in [2.45, 2.75) is 12.1 Å². The van der Waals surface area contributed by atoms with Crippen molar-refractivity contribution >= 4 is 54.4 Å². The SMILES string of the molecule is O=S1(=O)C=CC(NC(=S)NCCOC(=S)NC2C=CS(=O)(=O)C2)C1. The molecular weight excluding hydrogens is 394 g/mol. The second kappa shape index (κ2) is 7.76. The zero-order valence-corrected chi connectivity index (χ0v) is 15.7. The summed E-state index contributed by atoms with van der Waals surface area (Å²) in [5, 5.41) is 11.2. The summed E-state index contributed by atoms with van der Waals surface area (Å²) in [6.45, 7) is 0.575. The van der Waals surface area contributed by atoms with Crippen LogP contribution < -0.4 is 16.0 Å². The molecule has 2 aliphatic heterocycles. The molecule has 0 amide bonds. The van der Waals surface area contributed by atoms with Crippen LogP contribution in [-0.4, -0.2) is 63.9 Å². The van der Waals surface area contributed by atoms with Crippen molar-refractivity contribution in [3.05, 3.63) is 23.0 Å². The largest absolute Gasteiger partial charge is 0.469 e. The van der Waals surface area contributed by atoms with Gasteiger partial charge in [-0.2, -0.15) is 0 Å². The van der Waals surface area contributed by atoms with Crippen molar-refractivity contribution in [3.8, 4) is 0 Å². The first-order chi connectivity index (χ1) is 11.2. The minimum Gasteiger partial charge on any atom is -0.469 e. The second-order valence-corrected chi connectivity index (χ2v) is 9.85. The molecule has 3 N–H and O–H groups in total. The highest BCUT2D eigenvalue weighted by atomic mass is 32.2. The average Bonchev–Trinajstić information content (AvgIpc) is 2.96. The van der Waals surface area contributed by atoms with E-state index in [-0.39, 0.29) is 35.4 Å². The topological polar surface area (TPSA) is 114 Å². The Bertz CT molecular complexity index is 707. The third-order valence-corrected chi connectivity index (χ3v) is 6.39. The van der Waals surface area contributed by atoms with Gasteiger partial charge in [-0.1, -0.05) is 0 Å². The van der Waals surface area contributed by atoms with Crippen molar-refractivity contribution in [1.29, 1.82) is 0 Å². The molecule has 24 heavy (non-hydrogen) atoms. The van der Waals surface area contributed by atoms with Gasteiger partial charge in [0.1, 0.15) is 6.61 Å². The molecule has 0 aliphatic carbocycles. The Kier molecular flexibility index (Phi) is 6.17. The first kappa shape index (κ1) is 19.1. The number of rotatable bonds is 5. The Morgan fingerprint density at radius 1 is 1.00 bits per heavy atom. The van der Waals surface area contributed by atoms with E-state index in [0.717, 1.165) is 10.8 Å². The zero-order chi connectivity index (χ0) is 17.8. The van der Waals surface area contributed by atoms with Crippen LogP contribution in [-0.2, 0) is 24.4 Å². The second-order valence-electron chi connectivity index (χ2n) is 5.21. The van der Waals surface area contributed by atoms with Crippen LogP contribution in [0.1, 0.15) is 0 Å². The van der Waals surface area contributed by atoms with E-state index >= 15 is 0 Å². The minimum atomic E-state index is -3.14. The van der Waals surface area contributed by atoms with Crippen LogP contribution in [0.2, 0.25) is 0 Å². The normalized spacial score (nSPS) is 26.0. The van der Waals surface area contributed by atoms with Gasteiger partial charge in [-0.3, -0.25) is 0 Å². The molecule has 12 heteroatoms. The van der Waals surface area contributed by atoms with Crippen LogP contribution in [0.3, 0.4) is 0 Å².